The van der Waals surface area contributed by atoms with Crippen LogP contribution in [0.3, 0.4) is 0 Å². The number of allylic oxidation sites excluding steroid dienone is 4. The van der Waals surface area contributed by atoms with E-state index in [1.54, 1.807) is 26.8 Å². The van der Waals surface area contributed by atoms with Crippen LogP contribution in [0.5, 0.6) is 23.0 Å². The zero-order chi connectivity index (χ0) is 41.3. The number of halogens is 1. The molecular formula is C46H58FNO9. The molecule has 0 unspecified atom stereocenters. The van der Waals surface area contributed by atoms with Crippen LogP contribution in [0.2, 0.25) is 0 Å². The van der Waals surface area contributed by atoms with E-state index in [0.29, 0.717) is 57.7 Å². The van der Waals surface area contributed by atoms with Crippen molar-refractivity contribution in [3.8, 4) is 23.0 Å². The number of alkyl halides is 1. The fourth-order valence-electron chi connectivity index (χ4n) is 10.6. The lowest BCUT2D eigenvalue weighted by atomic mass is 9.44. The van der Waals surface area contributed by atoms with Crippen molar-refractivity contribution >= 4 is 22.3 Å². The molecule has 0 bridgehead atoms. The quantitative estimate of drug-likeness (QED) is 0.171. The summed E-state index contributed by atoms with van der Waals surface area (Å²) < 4.78 is 39.9. The number of aliphatic hydroxyl groups is 3. The second-order valence-corrected chi connectivity index (χ2v) is 16.2. The van der Waals surface area contributed by atoms with Crippen molar-refractivity contribution in [2.24, 2.45) is 28.6 Å². The van der Waals surface area contributed by atoms with Gasteiger partial charge in [0.1, 0.15) is 12.2 Å². The van der Waals surface area contributed by atoms with Crippen molar-refractivity contribution in [3.05, 3.63) is 77.7 Å². The molecule has 0 saturated heterocycles. The lowest BCUT2D eigenvalue weighted by Gasteiger charge is -2.62. The number of hydrogen-bond donors (Lipinski definition) is 3. The van der Waals surface area contributed by atoms with Crippen molar-refractivity contribution in [1.82, 2.24) is 4.98 Å². The predicted octanol–water partition coefficient (Wildman–Crippen LogP) is 7.32. The first-order chi connectivity index (χ1) is 27.2. The standard InChI is InChI=1S/C24H29NO4.C22H29FO5/c1-5-26-21-10-9-17(14-22(21)27-6-2)13-20-19-16-24(29-8-4)23(28-7-3)15-18(19)11-12-25-20;1-12-8-16-15-5-4-13-9-14(25)6-7-19(13,2)21(15,23)17(26)10-20(16,3)22(12,28)18(27)11-24/h9-12,14-16H,5-8,13H2,1-4H3;6-7,9,12,15-17,24,26,28H,4-5,8,10-11H2,1-3H3/t;12-,15+,16+,17+,19+,20+,21+,22+/m.1/s1. The molecule has 4 aliphatic rings. The molecule has 308 valence electrons. The number of pyridine rings is 1. The fraction of sp³-hybridized carbons (Fsp3) is 0.543. The molecule has 10 nitrogen and oxygen atoms in total. The van der Waals surface area contributed by atoms with E-state index in [9.17, 15) is 24.9 Å². The van der Waals surface area contributed by atoms with Crippen molar-refractivity contribution < 1.29 is 48.2 Å². The minimum absolute atomic E-state index is 0.0676. The van der Waals surface area contributed by atoms with Gasteiger partial charge in [0.2, 0.25) is 0 Å². The van der Waals surface area contributed by atoms with Crippen LogP contribution < -0.4 is 18.9 Å². The van der Waals surface area contributed by atoms with Gasteiger partial charge in [-0.3, -0.25) is 14.6 Å². The van der Waals surface area contributed by atoms with Crippen molar-refractivity contribution in [2.75, 3.05) is 33.0 Å². The average Bonchev–Trinajstić information content (AvgIpc) is 3.38. The van der Waals surface area contributed by atoms with Crippen LogP contribution in [0.1, 0.15) is 85.4 Å². The Kier molecular flexibility index (Phi) is 12.2. The van der Waals surface area contributed by atoms with Gasteiger partial charge in [-0.25, -0.2) is 4.39 Å². The Hall–Kier alpha value is -4.32. The van der Waals surface area contributed by atoms with Gasteiger partial charge in [0.25, 0.3) is 0 Å². The highest BCUT2D eigenvalue weighted by atomic mass is 19.1. The van der Waals surface area contributed by atoms with Crippen LogP contribution in [0.15, 0.2) is 66.4 Å². The van der Waals surface area contributed by atoms with E-state index in [4.69, 9.17) is 18.9 Å². The lowest BCUT2D eigenvalue weighted by Crippen LogP contribution is -2.69. The molecule has 7 rings (SSSR count). The van der Waals surface area contributed by atoms with Crippen molar-refractivity contribution in [2.45, 2.75) is 97.9 Å². The number of hydrogen-bond acceptors (Lipinski definition) is 10. The summed E-state index contributed by atoms with van der Waals surface area (Å²) in [6, 6.07) is 12.1. The first-order valence-corrected chi connectivity index (χ1v) is 20.4. The summed E-state index contributed by atoms with van der Waals surface area (Å²) in [6.45, 7) is 14.7. The highest BCUT2D eigenvalue weighted by Crippen LogP contribution is 2.70. The normalized spacial score (nSPS) is 31.3. The summed E-state index contributed by atoms with van der Waals surface area (Å²) in [6.07, 6.45) is 6.96. The number of Topliss-reactive ketones (excluding diaryl/α,β-unsaturated/α-hetero) is 1. The molecule has 57 heavy (non-hydrogen) atoms. The number of aromatic nitrogens is 1. The molecule has 1 heterocycles. The van der Waals surface area contributed by atoms with Crippen LogP contribution in [0.25, 0.3) is 10.8 Å². The van der Waals surface area contributed by atoms with Gasteiger partial charge in [0.15, 0.2) is 40.2 Å². The van der Waals surface area contributed by atoms with E-state index in [1.165, 1.54) is 12.2 Å². The summed E-state index contributed by atoms with van der Waals surface area (Å²) in [7, 11) is 0. The summed E-state index contributed by atoms with van der Waals surface area (Å²) in [5.41, 5.74) is -3.07. The highest BCUT2D eigenvalue weighted by molar-refractivity contribution is 6.01. The molecule has 2 aromatic carbocycles. The molecular weight excluding hydrogens is 730 g/mol. The molecule has 11 heteroatoms. The van der Waals surface area contributed by atoms with E-state index in [2.05, 4.69) is 11.1 Å². The maximum absolute atomic E-state index is 16.9. The fourth-order valence-corrected chi connectivity index (χ4v) is 10.6. The Balaban J connectivity index is 0.000000193. The Morgan fingerprint density at radius 1 is 0.912 bits per heavy atom. The van der Waals surface area contributed by atoms with E-state index in [0.717, 1.165) is 45.0 Å². The molecule has 0 amide bonds. The summed E-state index contributed by atoms with van der Waals surface area (Å²) in [5.74, 6) is 0.924. The number of ketones is 2. The van der Waals surface area contributed by atoms with Gasteiger partial charge in [0.05, 0.1) is 38.2 Å². The maximum atomic E-state index is 16.9. The summed E-state index contributed by atoms with van der Waals surface area (Å²) >= 11 is 0. The lowest BCUT2D eigenvalue weighted by molar-refractivity contribution is -0.219. The number of nitrogens with zero attached hydrogens (tertiary/aromatic N) is 1. The number of carbonyl (C=O) groups excluding carboxylic acids is 2. The number of ether oxygens (including phenoxy) is 4. The molecule has 0 aliphatic heterocycles. The van der Waals surface area contributed by atoms with Crippen LogP contribution >= 0.6 is 0 Å². The second-order valence-electron chi connectivity index (χ2n) is 16.2. The third-order valence-electron chi connectivity index (χ3n) is 13.3. The Labute approximate surface area is 335 Å². The maximum Gasteiger partial charge on any atom is 0.190 e. The molecule has 0 radical (unpaired) electrons. The number of fused-ring (bicyclic) bond motifs is 6. The molecule has 8 atom stereocenters. The predicted molar refractivity (Wildman–Crippen MR) is 216 cm³/mol. The molecule has 3 aromatic rings. The van der Waals surface area contributed by atoms with E-state index >= 15 is 4.39 Å². The Morgan fingerprint density at radius 2 is 1.54 bits per heavy atom. The van der Waals surface area contributed by atoms with Crippen molar-refractivity contribution in [3.63, 3.8) is 0 Å². The number of carbonyl (C=O) groups is 2. The number of benzene rings is 2. The third kappa shape index (κ3) is 7.03. The Morgan fingerprint density at radius 3 is 2.19 bits per heavy atom. The number of rotatable bonds is 12. The first kappa shape index (κ1) is 42.3. The van der Waals surface area contributed by atoms with Crippen LogP contribution in [-0.2, 0) is 16.0 Å². The molecule has 3 fully saturated rings. The van der Waals surface area contributed by atoms with Crippen LogP contribution in [-0.4, -0.2) is 82.3 Å². The van der Waals surface area contributed by atoms with Gasteiger partial charge in [0, 0.05) is 34.8 Å². The van der Waals surface area contributed by atoms with Gasteiger partial charge in [-0.05, 0) is 126 Å². The van der Waals surface area contributed by atoms with Crippen molar-refractivity contribution in [1.29, 1.82) is 0 Å². The minimum Gasteiger partial charge on any atom is -0.490 e. The number of aliphatic hydroxyl groups excluding tert-OH is 2. The molecule has 1 aromatic heterocycles. The largest absolute Gasteiger partial charge is 0.490 e. The molecule has 3 N–H and O–H groups in total. The van der Waals surface area contributed by atoms with Crippen LogP contribution in [0.4, 0.5) is 4.39 Å². The summed E-state index contributed by atoms with van der Waals surface area (Å²) in [4.78, 5) is 29.0. The van der Waals surface area contributed by atoms with E-state index < -0.39 is 52.4 Å². The second kappa shape index (κ2) is 16.5. The monoisotopic (exact) mass is 787 g/mol. The zero-order valence-electron chi connectivity index (χ0n) is 34.3. The average molecular weight is 788 g/mol. The van der Waals surface area contributed by atoms with Gasteiger partial charge in [-0.1, -0.05) is 31.6 Å². The van der Waals surface area contributed by atoms with Gasteiger partial charge < -0.3 is 34.3 Å². The molecule has 3 saturated carbocycles. The zero-order valence-corrected chi connectivity index (χ0v) is 34.3. The minimum atomic E-state index is -1.98. The summed E-state index contributed by atoms with van der Waals surface area (Å²) in [5, 5.41) is 34.1. The highest BCUT2D eigenvalue weighted by Gasteiger charge is 2.75. The smallest absolute Gasteiger partial charge is 0.190 e. The third-order valence-corrected chi connectivity index (χ3v) is 13.3. The Bertz CT molecular complexity index is 2050. The topological polar surface area (TPSA) is 145 Å². The van der Waals surface area contributed by atoms with Crippen LogP contribution in [0, 0.1) is 28.6 Å². The van der Waals surface area contributed by atoms with E-state index in [-0.39, 0.29) is 18.1 Å². The van der Waals surface area contributed by atoms with Gasteiger partial charge >= 0.3 is 0 Å². The van der Waals surface area contributed by atoms with Gasteiger partial charge in [-0.2, -0.15) is 0 Å². The SMILES string of the molecule is CCOc1ccc(Cc2nccc3cc(OCC)c(OCC)cc23)cc1OCC.C[C@@H]1C[C@H]2[C@@H]3CCC4=CC(=O)C=C[C@]4(C)[C@@]3(F)[C@@H](O)C[C@]2(C)[C@@]1(O)C(=O)CO. The molecule has 0 spiro atoms. The molecule has 4 aliphatic carbocycles. The first-order valence-electron chi connectivity index (χ1n) is 20.4. The van der Waals surface area contributed by atoms with E-state index in [1.807, 2.05) is 64.2 Å². The van der Waals surface area contributed by atoms with Gasteiger partial charge in [-0.15, -0.1) is 0 Å².